The lowest BCUT2D eigenvalue weighted by Crippen LogP contribution is -2.31. The van der Waals surface area contributed by atoms with Gasteiger partial charge in [0.25, 0.3) is 5.91 Å². The van der Waals surface area contributed by atoms with E-state index in [-0.39, 0.29) is 5.91 Å². The number of nitrogens with one attached hydrogen (secondary N) is 2. The molecular weight excluding hydrogens is 546 g/mol. The number of nitrogens with zero attached hydrogens (tertiary/aromatic N) is 3. The van der Waals surface area contributed by atoms with Crippen molar-refractivity contribution in [3.8, 4) is 11.5 Å². The van der Waals surface area contributed by atoms with Crippen molar-refractivity contribution in [3.63, 3.8) is 0 Å². The Hall–Kier alpha value is -3.95. The molecule has 1 aliphatic heterocycles. The molecule has 0 spiro atoms. The number of rotatable bonds is 10. The number of hydrogen-bond acceptors (Lipinski definition) is 7. The Morgan fingerprint density at radius 1 is 1.10 bits per heavy atom. The second-order valence-electron chi connectivity index (χ2n) is 9.18. The maximum Gasteiger partial charge on any atom is 0.255 e. The number of carbonyl (C=O) groups excluding carboxylic acids is 1. The number of fused-ring (bicyclic) bond motifs is 1. The third-order valence-electron chi connectivity index (χ3n) is 6.42. The number of aromatic nitrogens is 3. The van der Waals surface area contributed by atoms with Crippen molar-refractivity contribution in [2.24, 2.45) is 0 Å². The molecule has 0 radical (unpaired) electrons. The van der Waals surface area contributed by atoms with Gasteiger partial charge in [-0.2, -0.15) is 4.98 Å². The maximum atomic E-state index is 13.8. The van der Waals surface area contributed by atoms with Crippen LogP contribution in [-0.2, 0) is 10.5 Å². The zero-order valence-corrected chi connectivity index (χ0v) is 24.1. The lowest BCUT2D eigenvalue weighted by atomic mass is 9.95. The molecule has 0 aliphatic carbocycles. The minimum atomic E-state index is -0.520. The Balaban J connectivity index is 1.49. The molecule has 0 bridgehead atoms. The third-order valence-corrected chi connectivity index (χ3v) is 7.67. The summed E-state index contributed by atoms with van der Waals surface area (Å²) in [6, 6.07) is 22.3. The minimum absolute atomic E-state index is 0.266. The van der Waals surface area contributed by atoms with E-state index in [2.05, 4.69) is 17.6 Å². The highest BCUT2D eigenvalue weighted by Crippen LogP contribution is 2.38. The van der Waals surface area contributed by atoms with Crippen LogP contribution in [0.3, 0.4) is 0 Å². The van der Waals surface area contributed by atoms with E-state index in [4.69, 9.17) is 31.2 Å². The van der Waals surface area contributed by atoms with Crippen LogP contribution in [0.15, 0.2) is 89.2 Å². The van der Waals surface area contributed by atoms with Gasteiger partial charge in [0.05, 0.1) is 25.0 Å². The average molecular weight is 576 g/mol. The van der Waals surface area contributed by atoms with Gasteiger partial charge in [0, 0.05) is 16.5 Å². The van der Waals surface area contributed by atoms with Gasteiger partial charge in [-0.1, -0.05) is 72.8 Å². The summed E-state index contributed by atoms with van der Waals surface area (Å²) in [5.74, 6) is 2.26. The Morgan fingerprint density at radius 3 is 2.60 bits per heavy atom. The first-order valence-electron chi connectivity index (χ1n) is 13.0. The standard InChI is InChI=1S/C30H30ClN5O3S/c1-4-17-39-22-15-13-20(14-16-22)27-26(28(37)33-24-11-7-8-12-25(24)38-3)19(2)32-29-34-30(35-36(27)29)40-18-21-9-5-6-10-23(21)31/h5-16,27H,4,17-18H2,1-3H3,(H,33,37)(H,32,34,35). The summed E-state index contributed by atoms with van der Waals surface area (Å²) < 4.78 is 13.0. The molecule has 1 unspecified atom stereocenters. The number of anilines is 2. The number of para-hydroxylation sites is 2. The molecule has 1 amide bonds. The molecule has 1 aliphatic rings. The second-order valence-corrected chi connectivity index (χ2v) is 10.5. The number of allylic oxidation sites excluding steroid dienone is 1. The van der Waals surface area contributed by atoms with Gasteiger partial charge in [-0.25, -0.2) is 4.68 Å². The quantitative estimate of drug-likeness (QED) is 0.198. The highest BCUT2D eigenvalue weighted by atomic mass is 35.5. The summed E-state index contributed by atoms with van der Waals surface area (Å²) >= 11 is 7.84. The molecule has 4 aromatic rings. The molecule has 5 rings (SSSR count). The zero-order valence-electron chi connectivity index (χ0n) is 22.5. The van der Waals surface area contributed by atoms with Crippen molar-refractivity contribution in [3.05, 3.63) is 100 Å². The molecule has 0 saturated heterocycles. The molecule has 10 heteroatoms. The van der Waals surface area contributed by atoms with Gasteiger partial charge in [-0.05, 0) is 54.8 Å². The maximum absolute atomic E-state index is 13.8. The number of ether oxygens (including phenoxy) is 2. The first kappa shape index (κ1) is 27.6. The SMILES string of the molecule is CCCOc1ccc(C2C(C(=O)Nc3ccccc3OC)=C(C)Nc3nc(SCc4ccccc4Cl)nn32)cc1. The monoisotopic (exact) mass is 575 g/mol. The normalized spacial score (nSPS) is 14.3. The van der Waals surface area contributed by atoms with Crippen molar-refractivity contribution in [1.29, 1.82) is 0 Å². The fraction of sp³-hybridized carbons (Fsp3) is 0.233. The third kappa shape index (κ3) is 5.95. The van der Waals surface area contributed by atoms with Crippen molar-refractivity contribution in [2.75, 3.05) is 24.4 Å². The van der Waals surface area contributed by atoms with E-state index in [9.17, 15) is 4.79 Å². The summed E-state index contributed by atoms with van der Waals surface area (Å²) in [7, 11) is 1.58. The van der Waals surface area contributed by atoms with Gasteiger partial charge in [0.15, 0.2) is 0 Å². The van der Waals surface area contributed by atoms with E-state index in [1.807, 2.05) is 73.7 Å². The average Bonchev–Trinajstić information content (AvgIpc) is 3.37. The molecular formula is C30H30ClN5O3S. The van der Waals surface area contributed by atoms with Gasteiger partial charge in [0.2, 0.25) is 11.1 Å². The molecule has 206 valence electrons. The molecule has 40 heavy (non-hydrogen) atoms. The lowest BCUT2D eigenvalue weighted by Gasteiger charge is -2.29. The number of carbonyl (C=O) groups is 1. The van der Waals surface area contributed by atoms with E-state index < -0.39 is 6.04 Å². The minimum Gasteiger partial charge on any atom is -0.495 e. The topological polar surface area (TPSA) is 90.3 Å². The van der Waals surface area contributed by atoms with Crippen molar-refractivity contribution >= 4 is 40.9 Å². The zero-order chi connectivity index (χ0) is 28.1. The van der Waals surface area contributed by atoms with Crippen LogP contribution >= 0.6 is 23.4 Å². The van der Waals surface area contributed by atoms with E-state index in [1.165, 1.54) is 11.8 Å². The summed E-state index contributed by atoms with van der Waals surface area (Å²) in [5, 5.41) is 12.4. The van der Waals surface area contributed by atoms with Crippen molar-refractivity contribution < 1.29 is 14.3 Å². The Labute approximate surface area is 242 Å². The predicted octanol–water partition coefficient (Wildman–Crippen LogP) is 6.95. The fourth-order valence-corrected chi connectivity index (χ4v) is 5.57. The largest absolute Gasteiger partial charge is 0.495 e. The highest BCUT2D eigenvalue weighted by Gasteiger charge is 2.34. The van der Waals surface area contributed by atoms with Crippen molar-refractivity contribution in [2.45, 2.75) is 37.2 Å². The summed E-state index contributed by atoms with van der Waals surface area (Å²) in [5.41, 5.74) is 3.67. The van der Waals surface area contributed by atoms with Crippen LogP contribution in [0, 0.1) is 0 Å². The lowest BCUT2D eigenvalue weighted by molar-refractivity contribution is -0.113. The smallest absolute Gasteiger partial charge is 0.255 e. The van der Waals surface area contributed by atoms with Crippen LogP contribution in [0.2, 0.25) is 5.02 Å². The first-order valence-corrected chi connectivity index (χ1v) is 14.3. The van der Waals surface area contributed by atoms with Gasteiger partial charge in [-0.3, -0.25) is 4.79 Å². The summed E-state index contributed by atoms with van der Waals surface area (Å²) in [6.07, 6.45) is 0.919. The van der Waals surface area contributed by atoms with Gasteiger partial charge < -0.3 is 20.1 Å². The Bertz CT molecular complexity index is 1540. The van der Waals surface area contributed by atoms with E-state index in [0.717, 1.165) is 23.3 Å². The molecule has 3 aromatic carbocycles. The van der Waals surface area contributed by atoms with E-state index in [1.54, 1.807) is 17.9 Å². The Morgan fingerprint density at radius 2 is 1.85 bits per heavy atom. The molecule has 2 heterocycles. The van der Waals surface area contributed by atoms with E-state index >= 15 is 0 Å². The number of benzene rings is 3. The van der Waals surface area contributed by atoms with Crippen LogP contribution in [0.1, 0.15) is 37.4 Å². The van der Waals surface area contributed by atoms with Crippen molar-refractivity contribution in [1.82, 2.24) is 14.8 Å². The molecule has 8 nitrogen and oxygen atoms in total. The van der Waals surface area contributed by atoms with Crippen LogP contribution in [0.25, 0.3) is 0 Å². The Kier molecular flexibility index (Phi) is 8.62. The van der Waals surface area contributed by atoms with Gasteiger partial charge >= 0.3 is 0 Å². The molecule has 0 saturated carbocycles. The molecule has 2 N–H and O–H groups in total. The van der Waals surface area contributed by atoms with Crippen LogP contribution < -0.4 is 20.1 Å². The fourth-order valence-electron chi connectivity index (χ4n) is 4.46. The summed E-state index contributed by atoms with van der Waals surface area (Å²) in [6.45, 7) is 4.58. The molecule has 1 atom stereocenters. The number of hydrogen-bond donors (Lipinski definition) is 2. The van der Waals surface area contributed by atoms with Gasteiger partial charge in [-0.15, -0.1) is 5.10 Å². The van der Waals surface area contributed by atoms with Crippen LogP contribution in [0.4, 0.5) is 11.6 Å². The summed E-state index contributed by atoms with van der Waals surface area (Å²) in [4.78, 5) is 18.6. The van der Waals surface area contributed by atoms with Gasteiger partial charge in [0.1, 0.15) is 17.5 Å². The number of thioether (sulfide) groups is 1. The number of halogens is 1. The van der Waals surface area contributed by atoms with Crippen LogP contribution in [0.5, 0.6) is 11.5 Å². The first-order chi connectivity index (χ1) is 19.5. The van der Waals surface area contributed by atoms with E-state index in [0.29, 0.717) is 51.2 Å². The number of methoxy groups -OCH3 is 1. The molecule has 1 aromatic heterocycles. The number of amides is 1. The molecule has 0 fully saturated rings. The van der Waals surface area contributed by atoms with Crippen LogP contribution in [-0.4, -0.2) is 34.4 Å². The highest BCUT2D eigenvalue weighted by molar-refractivity contribution is 7.98. The predicted molar refractivity (Wildman–Crippen MR) is 159 cm³/mol. The second kappa shape index (κ2) is 12.5.